The molecule has 0 saturated carbocycles. The minimum atomic E-state index is -1.37. The molecular formula is C23H34BN3O6. The van der Waals surface area contributed by atoms with Crippen molar-refractivity contribution in [3.63, 3.8) is 0 Å². The van der Waals surface area contributed by atoms with Gasteiger partial charge in [-0.2, -0.15) is 0 Å². The fourth-order valence-corrected chi connectivity index (χ4v) is 3.58. The van der Waals surface area contributed by atoms with Gasteiger partial charge in [0.1, 0.15) is 6.04 Å². The molecule has 180 valence electrons. The van der Waals surface area contributed by atoms with Crippen LogP contribution in [0.1, 0.15) is 27.2 Å². The largest absolute Gasteiger partial charge is 0.480 e. The van der Waals surface area contributed by atoms with Gasteiger partial charge >= 0.3 is 19.1 Å². The van der Waals surface area contributed by atoms with Gasteiger partial charge in [0, 0.05) is 24.4 Å². The number of morpholine rings is 1. The van der Waals surface area contributed by atoms with E-state index in [9.17, 15) is 14.7 Å². The Bertz CT molecular complexity index is 915. The SMILES string of the molecule is CC(C)C[C@H](N)B(O)O.C[C@@H](C(=O)O)N(C(=O)N1CCOCC1)c1cccc2ccccc12. The highest BCUT2D eigenvalue weighted by molar-refractivity contribution is 6.43. The molecular weight excluding hydrogens is 425 g/mol. The lowest BCUT2D eigenvalue weighted by molar-refractivity contribution is -0.138. The highest BCUT2D eigenvalue weighted by Crippen LogP contribution is 2.29. The molecule has 5 N–H and O–H groups in total. The number of carbonyl (C=O) groups excluding carboxylic acids is 1. The number of nitrogens with zero attached hydrogens (tertiary/aromatic N) is 2. The van der Waals surface area contributed by atoms with Crippen molar-refractivity contribution in [2.24, 2.45) is 11.7 Å². The lowest BCUT2D eigenvalue weighted by Gasteiger charge is -2.35. The highest BCUT2D eigenvalue weighted by atomic mass is 16.5. The summed E-state index contributed by atoms with van der Waals surface area (Å²) in [5, 5.41) is 28.3. The Balaban J connectivity index is 0.000000365. The molecule has 0 spiro atoms. The van der Waals surface area contributed by atoms with E-state index < -0.39 is 25.1 Å². The summed E-state index contributed by atoms with van der Waals surface area (Å²) < 4.78 is 5.28. The molecule has 0 unspecified atom stereocenters. The molecule has 33 heavy (non-hydrogen) atoms. The van der Waals surface area contributed by atoms with Gasteiger partial charge in [0.15, 0.2) is 0 Å². The van der Waals surface area contributed by atoms with Gasteiger partial charge in [-0.1, -0.05) is 50.2 Å². The van der Waals surface area contributed by atoms with Gasteiger partial charge in [-0.15, -0.1) is 0 Å². The summed E-state index contributed by atoms with van der Waals surface area (Å²) in [6.45, 7) is 7.37. The number of fused-ring (bicyclic) bond motifs is 1. The van der Waals surface area contributed by atoms with Crippen LogP contribution in [0.15, 0.2) is 42.5 Å². The summed E-state index contributed by atoms with van der Waals surface area (Å²) >= 11 is 0. The molecule has 0 radical (unpaired) electrons. The van der Waals surface area contributed by atoms with Crippen molar-refractivity contribution in [3.05, 3.63) is 42.5 Å². The number of amides is 2. The maximum atomic E-state index is 13.0. The van der Waals surface area contributed by atoms with Crippen LogP contribution in [0.4, 0.5) is 10.5 Å². The Morgan fingerprint density at radius 2 is 1.70 bits per heavy atom. The fraction of sp³-hybridized carbons (Fsp3) is 0.478. The van der Waals surface area contributed by atoms with E-state index in [-0.39, 0.29) is 6.03 Å². The highest BCUT2D eigenvalue weighted by Gasteiger charge is 2.32. The van der Waals surface area contributed by atoms with Crippen LogP contribution in [-0.2, 0) is 9.53 Å². The molecule has 1 aliphatic rings. The number of urea groups is 1. The Labute approximate surface area is 194 Å². The Morgan fingerprint density at radius 1 is 1.09 bits per heavy atom. The van der Waals surface area contributed by atoms with Gasteiger partial charge in [0.2, 0.25) is 0 Å². The number of aliphatic carboxylic acids is 1. The molecule has 10 heteroatoms. The zero-order valence-electron chi connectivity index (χ0n) is 19.4. The number of hydrogen-bond acceptors (Lipinski definition) is 6. The van der Waals surface area contributed by atoms with E-state index in [0.717, 1.165) is 10.8 Å². The average molecular weight is 459 g/mol. The van der Waals surface area contributed by atoms with E-state index in [4.69, 9.17) is 20.5 Å². The van der Waals surface area contributed by atoms with Crippen molar-refractivity contribution in [2.75, 3.05) is 31.2 Å². The van der Waals surface area contributed by atoms with E-state index in [1.807, 2.05) is 50.2 Å². The maximum Gasteiger partial charge on any atom is 0.469 e. The van der Waals surface area contributed by atoms with Crippen LogP contribution in [0.5, 0.6) is 0 Å². The number of hydrogen-bond donors (Lipinski definition) is 4. The number of carbonyl (C=O) groups is 2. The molecule has 0 aromatic heterocycles. The average Bonchev–Trinajstić information content (AvgIpc) is 2.79. The smallest absolute Gasteiger partial charge is 0.469 e. The molecule has 2 amide bonds. The van der Waals surface area contributed by atoms with E-state index in [0.29, 0.717) is 44.3 Å². The monoisotopic (exact) mass is 459 g/mol. The molecule has 1 fully saturated rings. The zero-order valence-corrected chi connectivity index (χ0v) is 19.4. The number of nitrogens with two attached hydrogens (primary N) is 1. The van der Waals surface area contributed by atoms with Gasteiger partial charge in [0.25, 0.3) is 0 Å². The summed E-state index contributed by atoms with van der Waals surface area (Å²) in [6.07, 6.45) is 0.650. The maximum absolute atomic E-state index is 13.0. The molecule has 3 rings (SSSR count). The van der Waals surface area contributed by atoms with E-state index in [1.54, 1.807) is 11.0 Å². The van der Waals surface area contributed by atoms with Crippen LogP contribution >= 0.6 is 0 Å². The molecule has 2 aromatic rings. The zero-order chi connectivity index (χ0) is 24.5. The summed E-state index contributed by atoms with van der Waals surface area (Å²) in [6, 6.07) is 12.0. The number of anilines is 1. The Morgan fingerprint density at radius 3 is 2.24 bits per heavy atom. The Kier molecular flexibility index (Phi) is 10.1. The standard InChI is InChI=1S/C18H20N2O4.C5H14BNO2/c1-13(17(21)22)20(18(23)19-9-11-24-12-10-19)16-8-4-6-14-5-2-3-7-15(14)16;1-4(2)3-5(7)6(8)9/h2-8,13H,9-12H2,1H3,(H,21,22);4-5,8-9H,3,7H2,1-2H3/t13-;5-/m00/s1. The summed E-state index contributed by atoms with van der Waals surface area (Å²) in [7, 11) is -1.37. The first-order valence-corrected chi connectivity index (χ1v) is 11.1. The first kappa shape index (κ1) is 26.6. The third-order valence-electron chi connectivity index (χ3n) is 5.39. The second-order valence-corrected chi connectivity index (χ2v) is 8.47. The topological polar surface area (TPSA) is 137 Å². The fourth-order valence-electron chi connectivity index (χ4n) is 3.58. The number of carboxylic acids is 1. The van der Waals surface area contributed by atoms with Crippen LogP contribution in [0.25, 0.3) is 10.8 Å². The number of rotatable bonds is 6. The molecule has 0 aliphatic carbocycles. The third kappa shape index (κ3) is 7.43. The van der Waals surface area contributed by atoms with Crippen molar-refractivity contribution in [3.8, 4) is 0 Å². The molecule has 9 nitrogen and oxygen atoms in total. The van der Waals surface area contributed by atoms with Crippen LogP contribution < -0.4 is 10.6 Å². The van der Waals surface area contributed by atoms with Crippen LogP contribution in [0, 0.1) is 5.92 Å². The van der Waals surface area contributed by atoms with Gasteiger partial charge in [-0.3, -0.25) is 4.90 Å². The normalized spacial score (nSPS) is 15.4. The molecule has 2 atom stereocenters. The molecule has 1 aliphatic heterocycles. The lowest BCUT2D eigenvalue weighted by atomic mass is 9.76. The predicted octanol–water partition coefficient (Wildman–Crippen LogP) is 1.94. The first-order valence-electron chi connectivity index (χ1n) is 11.1. The third-order valence-corrected chi connectivity index (χ3v) is 5.39. The predicted molar refractivity (Wildman–Crippen MR) is 129 cm³/mol. The minimum absolute atomic E-state index is 0.301. The van der Waals surface area contributed by atoms with Crippen molar-refractivity contribution in [1.29, 1.82) is 0 Å². The summed E-state index contributed by atoms with van der Waals surface area (Å²) in [5.74, 6) is -1.11. The van der Waals surface area contributed by atoms with Gasteiger partial charge in [-0.05, 0) is 30.7 Å². The second-order valence-electron chi connectivity index (χ2n) is 8.47. The molecule has 2 aromatic carbocycles. The first-order chi connectivity index (χ1) is 15.6. The Hall–Kier alpha value is -2.66. The van der Waals surface area contributed by atoms with E-state index in [2.05, 4.69) is 0 Å². The second kappa shape index (κ2) is 12.5. The minimum Gasteiger partial charge on any atom is -0.480 e. The number of carboxylic acid groups (broad SMARTS) is 1. The number of benzene rings is 2. The van der Waals surface area contributed by atoms with Gasteiger partial charge in [0.05, 0.1) is 18.9 Å². The summed E-state index contributed by atoms with van der Waals surface area (Å²) in [4.78, 5) is 27.6. The molecule has 0 bridgehead atoms. The molecule has 1 heterocycles. The van der Waals surface area contributed by atoms with E-state index in [1.165, 1.54) is 11.8 Å². The summed E-state index contributed by atoms with van der Waals surface area (Å²) in [5.41, 5.74) is 5.93. The van der Waals surface area contributed by atoms with Crippen LogP contribution in [0.3, 0.4) is 0 Å². The van der Waals surface area contributed by atoms with E-state index >= 15 is 0 Å². The molecule has 1 saturated heterocycles. The quantitative estimate of drug-likeness (QED) is 0.485. The number of ether oxygens (including phenoxy) is 1. The van der Waals surface area contributed by atoms with Gasteiger partial charge in [-0.25, -0.2) is 9.59 Å². The van der Waals surface area contributed by atoms with Crippen molar-refractivity contribution in [1.82, 2.24) is 4.90 Å². The lowest BCUT2D eigenvalue weighted by Crippen LogP contribution is -2.53. The van der Waals surface area contributed by atoms with Crippen LogP contribution in [-0.4, -0.2) is 77.5 Å². The van der Waals surface area contributed by atoms with Crippen molar-refractivity contribution >= 4 is 35.6 Å². The van der Waals surface area contributed by atoms with Crippen LogP contribution in [0.2, 0.25) is 0 Å². The van der Waals surface area contributed by atoms with Gasteiger partial charge < -0.3 is 30.5 Å². The van der Waals surface area contributed by atoms with Crippen molar-refractivity contribution in [2.45, 2.75) is 39.2 Å². The van der Waals surface area contributed by atoms with Crippen molar-refractivity contribution < 1.29 is 29.5 Å².